The predicted molar refractivity (Wildman–Crippen MR) is 82.6 cm³/mol. The van der Waals surface area contributed by atoms with Crippen LogP contribution in [0.5, 0.6) is 0 Å². The molecule has 0 radical (unpaired) electrons. The Bertz CT molecular complexity index is 573. The van der Waals surface area contributed by atoms with Gasteiger partial charge in [-0.05, 0) is 42.9 Å². The van der Waals surface area contributed by atoms with Gasteiger partial charge in [0, 0.05) is 37.3 Å². The lowest BCUT2D eigenvalue weighted by Crippen LogP contribution is -2.44. The molecule has 0 aromatic rings. The van der Waals surface area contributed by atoms with Crippen LogP contribution in [0.2, 0.25) is 0 Å². The highest BCUT2D eigenvalue weighted by Gasteiger charge is 2.68. The minimum absolute atomic E-state index is 0.0719. The third-order valence-electron chi connectivity index (χ3n) is 7.07. The number of hydrogen-bond acceptors (Lipinski definition) is 4. The van der Waals surface area contributed by atoms with E-state index in [9.17, 15) is 14.4 Å². The molecule has 3 aliphatic carbocycles. The van der Waals surface area contributed by atoms with Gasteiger partial charge < -0.3 is 9.64 Å². The van der Waals surface area contributed by atoms with Crippen molar-refractivity contribution >= 4 is 17.7 Å². The van der Waals surface area contributed by atoms with Gasteiger partial charge in [0.2, 0.25) is 0 Å². The van der Waals surface area contributed by atoms with Gasteiger partial charge in [-0.25, -0.2) is 4.79 Å². The van der Waals surface area contributed by atoms with Crippen molar-refractivity contribution in [3.05, 3.63) is 0 Å². The topological polar surface area (TPSA) is 63.7 Å². The Morgan fingerprint density at radius 2 is 2.09 bits per heavy atom. The average Bonchev–Trinajstić information content (AvgIpc) is 2.99. The van der Waals surface area contributed by atoms with Gasteiger partial charge in [0.15, 0.2) is 0 Å². The smallest absolute Gasteiger partial charge is 0.409 e. The zero-order valence-corrected chi connectivity index (χ0v) is 13.9. The molecule has 1 spiro atoms. The van der Waals surface area contributed by atoms with Crippen LogP contribution < -0.4 is 0 Å². The van der Waals surface area contributed by atoms with Gasteiger partial charge in [-0.3, -0.25) is 9.59 Å². The molecular formula is C18H25NO4. The summed E-state index contributed by atoms with van der Waals surface area (Å²) in [6.45, 7) is 3.41. The number of fused-ring (bicyclic) bond motifs is 2. The van der Waals surface area contributed by atoms with Crippen molar-refractivity contribution in [3.8, 4) is 0 Å². The average molecular weight is 319 g/mol. The third-order valence-corrected chi connectivity index (χ3v) is 7.07. The maximum atomic E-state index is 13.0. The van der Waals surface area contributed by atoms with Crippen LogP contribution in [0.3, 0.4) is 0 Å². The SMILES string of the molecule is COC(=O)N1CC[C@H]2[C@@H](C1)C[C@]13C(=O)C[C@H](C)C[C@H]1CC(=O)[C@H]23. The predicted octanol–water partition coefficient (Wildman–Crippen LogP) is 2.29. The van der Waals surface area contributed by atoms with E-state index in [1.54, 1.807) is 4.90 Å². The van der Waals surface area contributed by atoms with E-state index in [0.29, 0.717) is 43.4 Å². The molecule has 0 bridgehead atoms. The Hall–Kier alpha value is -1.39. The summed E-state index contributed by atoms with van der Waals surface area (Å²) in [7, 11) is 1.40. The van der Waals surface area contributed by atoms with Crippen LogP contribution >= 0.6 is 0 Å². The number of methoxy groups -OCH3 is 1. The largest absolute Gasteiger partial charge is 0.453 e. The first-order valence-electron chi connectivity index (χ1n) is 8.86. The normalized spacial score (nSPS) is 45.5. The summed E-state index contributed by atoms with van der Waals surface area (Å²) in [6.07, 6.45) is 3.58. The van der Waals surface area contributed by atoms with Crippen molar-refractivity contribution < 1.29 is 19.1 Å². The van der Waals surface area contributed by atoms with Crippen LogP contribution in [0.25, 0.3) is 0 Å². The number of ketones is 2. The fraction of sp³-hybridized carbons (Fsp3) is 0.833. The van der Waals surface area contributed by atoms with E-state index in [1.165, 1.54) is 7.11 Å². The molecule has 1 amide bonds. The van der Waals surface area contributed by atoms with Gasteiger partial charge in [0.25, 0.3) is 0 Å². The second-order valence-corrected chi connectivity index (χ2v) is 8.19. The summed E-state index contributed by atoms with van der Waals surface area (Å²) in [5.74, 6) is 1.78. The molecule has 4 fully saturated rings. The molecule has 6 atom stereocenters. The number of carbonyl (C=O) groups excluding carboxylic acids is 3. The van der Waals surface area contributed by atoms with Crippen LogP contribution in [0.4, 0.5) is 4.79 Å². The first kappa shape index (κ1) is 15.2. The van der Waals surface area contributed by atoms with Gasteiger partial charge >= 0.3 is 6.09 Å². The summed E-state index contributed by atoms with van der Waals surface area (Å²) < 4.78 is 4.85. The highest BCUT2D eigenvalue weighted by Crippen LogP contribution is 2.65. The number of rotatable bonds is 0. The van der Waals surface area contributed by atoms with Crippen LogP contribution in [0.15, 0.2) is 0 Å². The molecule has 1 aliphatic heterocycles. The Morgan fingerprint density at radius 1 is 1.30 bits per heavy atom. The van der Waals surface area contributed by atoms with Crippen molar-refractivity contribution in [1.82, 2.24) is 4.90 Å². The quantitative estimate of drug-likeness (QED) is 0.687. The molecule has 5 heteroatoms. The molecule has 0 N–H and O–H groups in total. The Balaban J connectivity index is 1.65. The number of nitrogens with zero attached hydrogens (tertiary/aromatic N) is 1. The lowest BCUT2D eigenvalue weighted by atomic mass is 9.61. The second-order valence-electron chi connectivity index (χ2n) is 8.19. The zero-order valence-electron chi connectivity index (χ0n) is 13.9. The van der Waals surface area contributed by atoms with E-state index in [2.05, 4.69) is 6.92 Å². The molecule has 5 nitrogen and oxygen atoms in total. The summed E-state index contributed by atoms with van der Waals surface area (Å²) in [4.78, 5) is 39.3. The molecule has 0 aromatic carbocycles. The van der Waals surface area contributed by atoms with Crippen molar-refractivity contribution in [2.45, 2.75) is 39.0 Å². The highest BCUT2D eigenvalue weighted by molar-refractivity contribution is 5.98. The van der Waals surface area contributed by atoms with Crippen molar-refractivity contribution in [2.75, 3.05) is 20.2 Å². The van der Waals surface area contributed by atoms with E-state index in [4.69, 9.17) is 4.74 Å². The number of likely N-dealkylation sites (tertiary alicyclic amines) is 1. The van der Waals surface area contributed by atoms with E-state index < -0.39 is 5.41 Å². The van der Waals surface area contributed by atoms with Crippen molar-refractivity contribution in [3.63, 3.8) is 0 Å². The first-order valence-corrected chi connectivity index (χ1v) is 8.86. The number of amides is 1. The number of piperidine rings is 1. The van der Waals surface area contributed by atoms with Gasteiger partial charge in [0.1, 0.15) is 11.6 Å². The minimum Gasteiger partial charge on any atom is -0.453 e. The van der Waals surface area contributed by atoms with Crippen molar-refractivity contribution in [2.24, 2.45) is 35.0 Å². The second kappa shape index (κ2) is 5.05. The van der Waals surface area contributed by atoms with Gasteiger partial charge in [0.05, 0.1) is 7.11 Å². The van der Waals surface area contributed by atoms with E-state index >= 15 is 0 Å². The van der Waals surface area contributed by atoms with Crippen LogP contribution in [-0.2, 0) is 14.3 Å². The third kappa shape index (κ3) is 1.94. The van der Waals surface area contributed by atoms with Crippen LogP contribution in [0, 0.1) is 35.0 Å². The summed E-state index contributed by atoms with van der Waals surface area (Å²) in [5.41, 5.74) is -0.398. The lowest BCUT2D eigenvalue weighted by molar-refractivity contribution is -0.139. The van der Waals surface area contributed by atoms with Crippen LogP contribution in [-0.4, -0.2) is 42.8 Å². The Labute approximate surface area is 136 Å². The summed E-state index contributed by atoms with van der Waals surface area (Å²) in [6, 6.07) is 0. The maximum Gasteiger partial charge on any atom is 0.409 e. The number of ether oxygens (including phenoxy) is 1. The molecule has 1 heterocycles. The lowest BCUT2D eigenvalue weighted by Gasteiger charge is -2.40. The number of hydrogen-bond donors (Lipinski definition) is 0. The number of carbonyl (C=O) groups is 3. The minimum atomic E-state index is -0.398. The molecule has 4 aliphatic rings. The fourth-order valence-corrected chi connectivity index (χ4v) is 6.33. The Morgan fingerprint density at radius 3 is 2.83 bits per heavy atom. The monoisotopic (exact) mass is 319 g/mol. The van der Waals surface area contributed by atoms with Crippen molar-refractivity contribution in [1.29, 1.82) is 0 Å². The fourth-order valence-electron chi connectivity index (χ4n) is 6.33. The molecular weight excluding hydrogens is 294 g/mol. The Kier molecular flexibility index (Phi) is 3.33. The van der Waals surface area contributed by atoms with Gasteiger partial charge in [-0.2, -0.15) is 0 Å². The molecule has 0 aromatic heterocycles. The number of Topliss-reactive ketones (excluding diaryl/α,β-unsaturated/α-hetero) is 2. The zero-order chi connectivity index (χ0) is 16.4. The van der Waals surface area contributed by atoms with Crippen LogP contribution in [0.1, 0.15) is 39.0 Å². The molecule has 23 heavy (non-hydrogen) atoms. The summed E-state index contributed by atoms with van der Waals surface area (Å²) >= 11 is 0. The van der Waals surface area contributed by atoms with Gasteiger partial charge in [-0.15, -0.1) is 0 Å². The van der Waals surface area contributed by atoms with E-state index in [-0.39, 0.29) is 29.8 Å². The molecule has 1 saturated heterocycles. The molecule has 4 rings (SSSR count). The van der Waals surface area contributed by atoms with Gasteiger partial charge in [-0.1, -0.05) is 6.92 Å². The van der Waals surface area contributed by atoms with E-state index in [1.807, 2.05) is 0 Å². The maximum absolute atomic E-state index is 13.0. The highest BCUT2D eigenvalue weighted by atomic mass is 16.5. The molecule has 3 saturated carbocycles. The standard InChI is InChI=1S/C18H25NO4/c1-10-5-12-7-14(20)16-13-3-4-19(17(22)23-2)9-11(13)8-18(12,16)15(21)6-10/h10-13,16H,3-9H2,1-2H3/t10-,11-,12+,13+,16+,18-/m1/s1. The summed E-state index contributed by atoms with van der Waals surface area (Å²) in [5, 5.41) is 0. The molecule has 126 valence electrons. The molecule has 0 unspecified atom stereocenters. The van der Waals surface area contributed by atoms with E-state index in [0.717, 1.165) is 19.3 Å². The first-order chi connectivity index (χ1) is 11.0.